The summed E-state index contributed by atoms with van der Waals surface area (Å²) in [6.45, 7) is 3.46. The Morgan fingerprint density at radius 2 is 1.95 bits per heavy atom. The number of aliphatic carboxylic acids is 1. The molecular formula is C28H28F3N5O4. The lowest BCUT2D eigenvalue weighted by molar-refractivity contribution is -0.198. The molecule has 40 heavy (non-hydrogen) atoms. The summed E-state index contributed by atoms with van der Waals surface area (Å²) in [7, 11) is 1.78. The number of carbonyl (C=O) groups is 1. The lowest BCUT2D eigenvalue weighted by Crippen LogP contribution is -2.42. The topological polar surface area (TPSA) is 114 Å². The lowest BCUT2D eigenvalue weighted by Gasteiger charge is -2.26. The Bertz CT molecular complexity index is 1590. The zero-order chi connectivity index (χ0) is 28.8. The Labute approximate surface area is 227 Å². The molecule has 210 valence electrons. The number of fused-ring (bicyclic) bond motifs is 2. The summed E-state index contributed by atoms with van der Waals surface area (Å²) in [5.74, 6) is -1.83. The van der Waals surface area contributed by atoms with Gasteiger partial charge in [-0.1, -0.05) is 29.5 Å². The van der Waals surface area contributed by atoms with Crippen molar-refractivity contribution in [1.29, 1.82) is 0 Å². The van der Waals surface area contributed by atoms with Gasteiger partial charge in [0.05, 0.1) is 11.9 Å². The van der Waals surface area contributed by atoms with E-state index in [1.165, 1.54) is 12.1 Å². The minimum Gasteiger partial charge on any atom is -0.493 e. The number of hydrogen-bond acceptors (Lipinski definition) is 7. The zero-order valence-electron chi connectivity index (χ0n) is 22.1. The maximum Gasteiger partial charge on any atom is 0.426 e. The van der Waals surface area contributed by atoms with E-state index < -0.39 is 30.7 Å². The minimum absolute atomic E-state index is 0.0236. The maximum absolute atomic E-state index is 13.8. The van der Waals surface area contributed by atoms with Crippen LogP contribution in [0.4, 0.5) is 13.2 Å². The molecule has 0 saturated heterocycles. The van der Waals surface area contributed by atoms with Gasteiger partial charge in [-0.2, -0.15) is 13.2 Å². The fourth-order valence-electron chi connectivity index (χ4n) is 5.22. The molecule has 2 aromatic carbocycles. The number of hydrogen-bond donors (Lipinski definition) is 2. The lowest BCUT2D eigenvalue weighted by atomic mass is 9.84. The first-order valence-electron chi connectivity index (χ1n) is 12.7. The smallest absolute Gasteiger partial charge is 0.426 e. The largest absolute Gasteiger partial charge is 0.493 e. The van der Waals surface area contributed by atoms with Crippen molar-refractivity contribution in [2.24, 2.45) is 7.05 Å². The van der Waals surface area contributed by atoms with Gasteiger partial charge in [-0.05, 0) is 53.8 Å². The molecule has 4 aromatic rings. The van der Waals surface area contributed by atoms with E-state index in [1.54, 1.807) is 16.6 Å². The van der Waals surface area contributed by atoms with E-state index >= 15 is 0 Å². The molecule has 0 radical (unpaired) electrons. The van der Waals surface area contributed by atoms with Crippen LogP contribution in [0.2, 0.25) is 0 Å². The fraction of sp³-hybridized carbons (Fsp3) is 0.357. The predicted octanol–water partition coefficient (Wildman–Crippen LogP) is 4.62. The van der Waals surface area contributed by atoms with Crippen LogP contribution in [0.1, 0.15) is 45.8 Å². The van der Waals surface area contributed by atoms with Crippen LogP contribution in [0.25, 0.3) is 11.0 Å². The summed E-state index contributed by atoms with van der Waals surface area (Å²) in [6, 6.07) is 11.8. The molecule has 1 unspecified atom stereocenters. The first-order valence-corrected chi connectivity index (χ1v) is 12.7. The van der Waals surface area contributed by atoms with Crippen LogP contribution in [0.3, 0.4) is 0 Å². The van der Waals surface area contributed by atoms with Crippen LogP contribution < -0.4 is 4.74 Å². The van der Waals surface area contributed by atoms with E-state index in [0.29, 0.717) is 5.52 Å². The van der Waals surface area contributed by atoms with Gasteiger partial charge < -0.3 is 14.9 Å². The van der Waals surface area contributed by atoms with Gasteiger partial charge >= 0.3 is 12.1 Å². The highest BCUT2D eigenvalue weighted by Gasteiger charge is 2.44. The van der Waals surface area contributed by atoms with Crippen molar-refractivity contribution in [2.45, 2.75) is 51.6 Å². The Morgan fingerprint density at radius 1 is 1.18 bits per heavy atom. The Balaban J connectivity index is 1.51. The third-order valence-electron chi connectivity index (χ3n) is 7.35. The van der Waals surface area contributed by atoms with E-state index in [9.17, 15) is 28.2 Å². The zero-order valence-corrected chi connectivity index (χ0v) is 22.1. The molecule has 2 aromatic heterocycles. The first kappa shape index (κ1) is 27.4. The van der Waals surface area contributed by atoms with Gasteiger partial charge in [0, 0.05) is 38.7 Å². The van der Waals surface area contributed by atoms with Gasteiger partial charge in [-0.25, -0.2) is 9.67 Å². The number of aryl methyl sites for hydroxylation is 3. The van der Waals surface area contributed by atoms with Gasteiger partial charge in [-0.3, -0.25) is 9.69 Å². The number of aromatic nitrogens is 4. The van der Waals surface area contributed by atoms with Crippen molar-refractivity contribution in [3.63, 3.8) is 0 Å². The van der Waals surface area contributed by atoms with Gasteiger partial charge in [-0.15, -0.1) is 5.10 Å². The summed E-state index contributed by atoms with van der Waals surface area (Å²) >= 11 is 0. The van der Waals surface area contributed by atoms with Crippen LogP contribution in [0.15, 0.2) is 42.5 Å². The van der Waals surface area contributed by atoms with Crippen molar-refractivity contribution < 1.29 is 32.9 Å². The van der Waals surface area contributed by atoms with Gasteiger partial charge in [0.2, 0.25) is 12.0 Å². The molecule has 2 N–H and O–H groups in total. The molecule has 2 atom stereocenters. The number of aromatic hydroxyl groups is 1. The molecule has 1 aliphatic heterocycles. The predicted molar refractivity (Wildman–Crippen MR) is 139 cm³/mol. The average molecular weight is 556 g/mol. The molecular weight excluding hydrogens is 527 g/mol. The highest BCUT2D eigenvalue weighted by Crippen LogP contribution is 2.36. The molecule has 0 fully saturated rings. The molecule has 0 spiro atoms. The molecule has 5 rings (SSSR count). The van der Waals surface area contributed by atoms with Crippen molar-refractivity contribution in [2.75, 3.05) is 6.54 Å². The Morgan fingerprint density at radius 3 is 2.67 bits per heavy atom. The standard InChI is InChI=1S/C28H28F3N5O4/c1-15-4-5-17(20(11-26(38)39)19-6-7-22-27(16(19)2)33-34-35(22)3)10-18(15)12-36-13-21-23(8-9-25(37)32-21)40-24(14-36)28(29,30)31/h4-10,20,24H,11-14H2,1-3H3,(H,32,37)(H,38,39)/t20-,24?/m1/s1. The van der Waals surface area contributed by atoms with Crippen LogP contribution in [-0.2, 0) is 24.9 Å². The van der Waals surface area contributed by atoms with Crippen LogP contribution in [-0.4, -0.2) is 59.9 Å². The molecule has 0 saturated carbocycles. The summed E-state index contributed by atoms with van der Waals surface area (Å²) in [5, 5.41) is 27.9. The second-order valence-corrected chi connectivity index (χ2v) is 10.1. The number of nitrogens with zero attached hydrogens (tertiary/aromatic N) is 5. The SMILES string of the molecule is Cc1ccc([C@@H](CC(=O)O)c2ccc3c(nnn3C)c2C)cc1CN1Cc2nc(O)ccc2OC(C(F)(F)F)C1. The van der Waals surface area contributed by atoms with Gasteiger partial charge in [0.15, 0.2) is 0 Å². The van der Waals surface area contributed by atoms with E-state index in [0.717, 1.165) is 33.3 Å². The van der Waals surface area contributed by atoms with E-state index in [4.69, 9.17) is 4.74 Å². The highest BCUT2D eigenvalue weighted by atomic mass is 19.4. The van der Waals surface area contributed by atoms with E-state index in [1.807, 2.05) is 44.2 Å². The average Bonchev–Trinajstić information content (AvgIpc) is 3.15. The Kier molecular flexibility index (Phi) is 7.13. The molecule has 9 nitrogen and oxygen atoms in total. The number of benzene rings is 2. The number of halogens is 3. The van der Waals surface area contributed by atoms with Crippen LogP contribution in [0, 0.1) is 13.8 Å². The molecule has 0 amide bonds. The molecule has 0 bridgehead atoms. The number of ether oxygens (including phenoxy) is 1. The second kappa shape index (κ2) is 10.4. The summed E-state index contributed by atoms with van der Waals surface area (Å²) in [5.41, 5.74) is 5.63. The summed E-state index contributed by atoms with van der Waals surface area (Å²) < 4.78 is 48.4. The Hall–Kier alpha value is -4.19. The number of pyridine rings is 1. The number of carboxylic acids is 1. The minimum atomic E-state index is -4.61. The van der Waals surface area contributed by atoms with Crippen molar-refractivity contribution in [3.8, 4) is 11.6 Å². The quantitative estimate of drug-likeness (QED) is 0.355. The first-order chi connectivity index (χ1) is 18.9. The normalized spacial score (nSPS) is 16.8. The molecule has 3 heterocycles. The van der Waals surface area contributed by atoms with E-state index in [-0.39, 0.29) is 36.8 Å². The highest BCUT2D eigenvalue weighted by molar-refractivity contribution is 5.80. The monoisotopic (exact) mass is 555 g/mol. The summed E-state index contributed by atoms with van der Waals surface area (Å²) in [6.07, 6.45) is -6.87. The molecule has 12 heteroatoms. The number of alkyl halides is 3. The number of rotatable bonds is 6. The number of carboxylic acid groups (broad SMARTS) is 1. The van der Waals surface area contributed by atoms with Crippen LogP contribution >= 0.6 is 0 Å². The third kappa shape index (κ3) is 5.44. The fourth-order valence-corrected chi connectivity index (χ4v) is 5.22. The molecule has 1 aliphatic rings. The third-order valence-corrected chi connectivity index (χ3v) is 7.35. The van der Waals surface area contributed by atoms with Crippen molar-refractivity contribution in [3.05, 3.63) is 76.0 Å². The van der Waals surface area contributed by atoms with Crippen molar-refractivity contribution >= 4 is 17.0 Å². The maximum atomic E-state index is 13.8. The van der Waals surface area contributed by atoms with Crippen LogP contribution in [0.5, 0.6) is 11.6 Å². The van der Waals surface area contributed by atoms with E-state index in [2.05, 4.69) is 15.3 Å². The van der Waals surface area contributed by atoms with Gasteiger partial charge in [0.25, 0.3) is 0 Å². The second-order valence-electron chi connectivity index (χ2n) is 10.1. The molecule has 0 aliphatic carbocycles. The van der Waals surface area contributed by atoms with Crippen molar-refractivity contribution in [1.82, 2.24) is 24.9 Å². The summed E-state index contributed by atoms with van der Waals surface area (Å²) in [4.78, 5) is 17.5. The van der Waals surface area contributed by atoms with Gasteiger partial charge in [0.1, 0.15) is 17.0 Å².